The summed E-state index contributed by atoms with van der Waals surface area (Å²) in [5.41, 5.74) is 8.05. The summed E-state index contributed by atoms with van der Waals surface area (Å²) in [5, 5.41) is 27.2. The van der Waals surface area contributed by atoms with E-state index in [1.54, 1.807) is 0 Å². The fraction of sp³-hybridized carbons (Fsp3) is 0. The summed E-state index contributed by atoms with van der Waals surface area (Å²) in [6, 6.07) is 60.0. The molecule has 1 aliphatic rings. The van der Waals surface area contributed by atoms with E-state index < -0.39 is 0 Å². The van der Waals surface area contributed by atoms with Crippen LogP contribution in [0.2, 0.25) is 0 Å². The molecular formula is C52H26. The minimum Gasteiger partial charge on any atom is -0.0622 e. The van der Waals surface area contributed by atoms with Gasteiger partial charge in [-0.15, -0.1) is 0 Å². The van der Waals surface area contributed by atoms with Crippen molar-refractivity contribution in [2.45, 2.75) is 0 Å². The first-order valence-corrected chi connectivity index (χ1v) is 18.4. The van der Waals surface area contributed by atoms with Crippen molar-refractivity contribution in [3.8, 4) is 33.4 Å². The van der Waals surface area contributed by atoms with Gasteiger partial charge in [-0.2, -0.15) is 0 Å². The van der Waals surface area contributed by atoms with Crippen LogP contribution < -0.4 is 0 Å². The summed E-state index contributed by atoms with van der Waals surface area (Å²) in [6.45, 7) is 0. The topological polar surface area (TPSA) is 0 Å². The third-order valence-corrected chi connectivity index (χ3v) is 12.8. The first-order chi connectivity index (χ1) is 25.8. The minimum atomic E-state index is 1.27. The average Bonchev–Trinajstić information content (AvgIpc) is 3.83. The van der Waals surface area contributed by atoms with Gasteiger partial charge in [0.25, 0.3) is 0 Å². The summed E-state index contributed by atoms with van der Waals surface area (Å²) in [7, 11) is 0. The summed E-state index contributed by atoms with van der Waals surface area (Å²) in [5.74, 6) is 0. The predicted octanol–water partition coefficient (Wildman–Crippen LogP) is 14.8. The van der Waals surface area contributed by atoms with Crippen molar-refractivity contribution < 1.29 is 0 Å². The Balaban J connectivity index is 1.21. The van der Waals surface area contributed by atoms with E-state index in [0.717, 1.165) is 0 Å². The van der Waals surface area contributed by atoms with Gasteiger partial charge < -0.3 is 0 Å². The molecule has 234 valence electrons. The molecule has 0 atom stereocenters. The monoisotopic (exact) mass is 650 g/mol. The second-order valence-electron chi connectivity index (χ2n) is 15.0. The average molecular weight is 651 g/mol. The highest BCUT2D eigenvalue weighted by atomic mass is 14.3. The lowest BCUT2D eigenvalue weighted by atomic mass is 9.87. The van der Waals surface area contributed by atoms with Crippen LogP contribution in [-0.2, 0) is 0 Å². The molecule has 0 heterocycles. The Morgan fingerprint density at radius 1 is 0.212 bits per heavy atom. The van der Waals surface area contributed by atoms with Gasteiger partial charge in [-0.25, -0.2) is 0 Å². The largest absolute Gasteiger partial charge is 0.0622 e. The molecule has 0 radical (unpaired) electrons. The Morgan fingerprint density at radius 3 is 1.33 bits per heavy atom. The lowest BCUT2D eigenvalue weighted by Crippen LogP contribution is -1.88. The molecule has 0 fully saturated rings. The van der Waals surface area contributed by atoms with Gasteiger partial charge in [0.15, 0.2) is 0 Å². The Bertz CT molecular complexity index is 3620. The van der Waals surface area contributed by atoms with E-state index in [9.17, 15) is 0 Å². The lowest BCUT2D eigenvalue weighted by molar-refractivity contribution is 1.69. The highest BCUT2D eigenvalue weighted by Crippen LogP contribution is 2.57. The maximum absolute atomic E-state index is 2.45. The molecule has 0 saturated carbocycles. The molecule has 13 aromatic rings. The SMILES string of the molecule is c1ccc(-c2c3cccc4c5ccccc5c(c34)c3c4ccc5c6ccc7c8c(ccc(c9ccc(c23)c4c95)c86)-c2cc3ccccc3cc2-7)cc1. The van der Waals surface area contributed by atoms with E-state index in [1.165, 1.54) is 141 Å². The van der Waals surface area contributed by atoms with Crippen LogP contribution in [0.1, 0.15) is 0 Å². The van der Waals surface area contributed by atoms with Crippen LogP contribution in [0.25, 0.3) is 141 Å². The number of hydrogen-bond acceptors (Lipinski definition) is 0. The Morgan fingerprint density at radius 2 is 0.635 bits per heavy atom. The maximum Gasteiger partial charge on any atom is -0.000696 e. The molecule has 0 bridgehead atoms. The van der Waals surface area contributed by atoms with Gasteiger partial charge in [0, 0.05) is 0 Å². The molecule has 0 heteroatoms. The number of fused-ring (bicyclic) bond motifs is 13. The summed E-state index contributed by atoms with van der Waals surface area (Å²) < 4.78 is 0. The van der Waals surface area contributed by atoms with Crippen LogP contribution >= 0.6 is 0 Å². The molecule has 0 aromatic heterocycles. The molecule has 1 aliphatic carbocycles. The van der Waals surface area contributed by atoms with E-state index in [2.05, 4.69) is 158 Å². The molecule has 0 unspecified atom stereocenters. The smallest absolute Gasteiger partial charge is 0.000696 e. The summed E-state index contributed by atoms with van der Waals surface area (Å²) in [6.07, 6.45) is 0. The van der Waals surface area contributed by atoms with Crippen molar-refractivity contribution >= 4 is 108 Å². The van der Waals surface area contributed by atoms with Gasteiger partial charge in [0.05, 0.1) is 0 Å². The van der Waals surface area contributed by atoms with E-state index in [0.29, 0.717) is 0 Å². The highest BCUT2D eigenvalue weighted by Gasteiger charge is 2.28. The van der Waals surface area contributed by atoms with Crippen LogP contribution in [0.5, 0.6) is 0 Å². The second-order valence-corrected chi connectivity index (χ2v) is 15.0. The molecule has 0 saturated heterocycles. The van der Waals surface area contributed by atoms with Gasteiger partial charge in [-0.1, -0.05) is 146 Å². The molecule has 0 amide bonds. The van der Waals surface area contributed by atoms with Gasteiger partial charge >= 0.3 is 0 Å². The normalized spacial score (nSPS) is 13.0. The standard InChI is InChI=1S/C52H26/c1-2-9-27(10-3-1)44-39-16-8-15-31-30-13-6-7-14-32(30)50(48(31)39)52-41-24-22-36-34-18-20-38-43-26-29-12-5-4-11-28(29)25-42(43)37-19-17-33(45(34)47(37)38)35-21-23-40(51(44)52)49(41)46(35)36/h1-26H. The first kappa shape index (κ1) is 26.1. The third kappa shape index (κ3) is 2.83. The lowest BCUT2D eigenvalue weighted by Gasteiger charge is -2.16. The van der Waals surface area contributed by atoms with Crippen LogP contribution in [0.3, 0.4) is 0 Å². The Hall–Kier alpha value is -6.76. The second kappa shape index (κ2) is 8.75. The Kier molecular flexibility index (Phi) is 4.39. The van der Waals surface area contributed by atoms with E-state index >= 15 is 0 Å². The summed E-state index contributed by atoms with van der Waals surface area (Å²) >= 11 is 0. The predicted molar refractivity (Wildman–Crippen MR) is 225 cm³/mol. The number of benzene rings is 11. The summed E-state index contributed by atoms with van der Waals surface area (Å²) in [4.78, 5) is 0. The fourth-order valence-electron chi connectivity index (χ4n) is 10.9. The Labute approximate surface area is 297 Å². The third-order valence-electron chi connectivity index (χ3n) is 12.8. The van der Waals surface area contributed by atoms with Crippen LogP contribution in [0.4, 0.5) is 0 Å². The molecule has 0 spiro atoms. The zero-order valence-electron chi connectivity index (χ0n) is 28.0. The zero-order chi connectivity index (χ0) is 33.4. The van der Waals surface area contributed by atoms with Gasteiger partial charge in [0.2, 0.25) is 0 Å². The van der Waals surface area contributed by atoms with Crippen molar-refractivity contribution in [2.75, 3.05) is 0 Å². The number of hydrogen-bond donors (Lipinski definition) is 0. The van der Waals surface area contributed by atoms with Gasteiger partial charge in [-0.3, -0.25) is 0 Å². The zero-order valence-corrected chi connectivity index (χ0v) is 28.0. The maximum atomic E-state index is 2.45. The van der Waals surface area contributed by atoms with Crippen LogP contribution in [0.15, 0.2) is 158 Å². The van der Waals surface area contributed by atoms with Crippen LogP contribution in [-0.4, -0.2) is 0 Å². The molecule has 0 N–H and O–H groups in total. The minimum absolute atomic E-state index is 1.27. The van der Waals surface area contributed by atoms with Gasteiger partial charge in [-0.05, 0) is 153 Å². The van der Waals surface area contributed by atoms with Crippen molar-refractivity contribution in [1.29, 1.82) is 0 Å². The number of rotatable bonds is 1. The highest BCUT2D eigenvalue weighted by molar-refractivity contribution is 6.51. The van der Waals surface area contributed by atoms with E-state index in [4.69, 9.17) is 0 Å². The molecular weight excluding hydrogens is 625 g/mol. The first-order valence-electron chi connectivity index (χ1n) is 18.4. The molecule has 13 aromatic carbocycles. The van der Waals surface area contributed by atoms with E-state index in [1.807, 2.05) is 0 Å². The van der Waals surface area contributed by atoms with Crippen molar-refractivity contribution in [3.63, 3.8) is 0 Å². The van der Waals surface area contributed by atoms with Crippen LogP contribution in [0, 0.1) is 0 Å². The molecule has 14 rings (SSSR count). The quantitative estimate of drug-likeness (QED) is 0.123. The van der Waals surface area contributed by atoms with E-state index in [-0.39, 0.29) is 0 Å². The molecule has 0 nitrogen and oxygen atoms in total. The molecule has 52 heavy (non-hydrogen) atoms. The van der Waals surface area contributed by atoms with Crippen molar-refractivity contribution in [1.82, 2.24) is 0 Å². The van der Waals surface area contributed by atoms with Crippen molar-refractivity contribution in [2.24, 2.45) is 0 Å². The van der Waals surface area contributed by atoms with Crippen molar-refractivity contribution in [3.05, 3.63) is 158 Å². The molecule has 0 aliphatic heterocycles. The van der Waals surface area contributed by atoms with Gasteiger partial charge in [0.1, 0.15) is 0 Å². The fourth-order valence-corrected chi connectivity index (χ4v) is 10.9.